The number of aromatic nitrogens is 5. The predicted molar refractivity (Wildman–Crippen MR) is 63.6 cm³/mol. The van der Waals surface area contributed by atoms with Gasteiger partial charge in [0.05, 0.1) is 23.9 Å². The van der Waals surface area contributed by atoms with Crippen LogP contribution in [0.4, 0.5) is 0 Å². The van der Waals surface area contributed by atoms with Crippen LogP contribution in [0.3, 0.4) is 0 Å². The summed E-state index contributed by atoms with van der Waals surface area (Å²) in [6.07, 6.45) is 3.38. The second-order valence-corrected chi connectivity index (χ2v) is 4.48. The van der Waals surface area contributed by atoms with Crippen molar-refractivity contribution >= 4 is 17.6 Å². The van der Waals surface area contributed by atoms with Crippen LogP contribution in [0.25, 0.3) is 0 Å². The number of alkyl halides is 1. The molecule has 1 N–H and O–H groups in total. The molecule has 8 heteroatoms. The van der Waals surface area contributed by atoms with Gasteiger partial charge in [-0.25, -0.2) is 9.78 Å². The Labute approximate surface area is 108 Å². The van der Waals surface area contributed by atoms with Crippen LogP contribution >= 0.6 is 11.6 Å². The largest absolute Gasteiger partial charge is 0.476 e. The van der Waals surface area contributed by atoms with Crippen LogP contribution < -0.4 is 0 Å². The van der Waals surface area contributed by atoms with E-state index >= 15 is 0 Å². The SMILES string of the molecule is CC(Cl)n1cnc(C(=O)O)c1Cc1cnnn1C. The maximum absolute atomic E-state index is 11.1. The van der Waals surface area contributed by atoms with Gasteiger partial charge in [-0.15, -0.1) is 5.10 Å². The Kier molecular flexibility index (Phi) is 3.33. The van der Waals surface area contributed by atoms with Gasteiger partial charge in [-0.2, -0.15) is 0 Å². The Bertz CT molecular complexity index is 575. The third-order valence-electron chi connectivity index (χ3n) is 2.64. The maximum Gasteiger partial charge on any atom is 0.356 e. The summed E-state index contributed by atoms with van der Waals surface area (Å²) in [6.45, 7) is 1.75. The first-order valence-corrected chi connectivity index (χ1v) is 5.71. The first-order chi connectivity index (χ1) is 8.50. The molecule has 96 valence electrons. The predicted octanol–water partition coefficient (Wildman–Crippen LogP) is 1.06. The molecule has 2 rings (SSSR count). The molecule has 1 atom stereocenters. The van der Waals surface area contributed by atoms with Crippen molar-refractivity contribution in [1.82, 2.24) is 24.5 Å². The van der Waals surface area contributed by atoms with Crippen LogP contribution in [-0.2, 0) is 13.5 Å². The quantitative estimate of drug-likeness (QED) is 0.839. The van der Waals surface area contributed by atoms with E-state index in [-0.39, 0.29) is 11.2 Å². The van der Waals surface area contributed by atoms with E-state index < -0.39 is 5.97 Å². The van der Waals surface area contributed by atoms with E-state index in [0.29, 0.717) is 12.1 Å². The molecule has 2 heterocycles. The third kappa shape index (κ3) is 2.21. The maximum atomic E-state index is 11.1. The van der Waals surface area contributed by atoms with Crippen molar-refractivity contribution in [2.45, 2.75) is 18.8 Å². The van der Waals surface area contributed by atoms with Gasteiger partial charge in [0.15, 0.2) is 5.69 Å². The lowest BCUT2D eigenvalue weighted by atomic mass is 10.2. The van der Waals surface area contributed by atoms with Gasteiger partial charge >= 0.3 is 5.97 Å². The summed E-state index contributed by atoms with van der Waals surface area (Å²) >= 11 is 6.00. The van der Waals surface area contributed by atoms with Gasteiger partial charge in [-0.3, -0.25) is 4.68 Å². The van der Waals surface area contributed by atoms with E-state index in [1.807, 2.05) is 0 Å². The van der Waals surface area contributed by atoms with Crippen molar-refractivity contribution in [3.05, 3.63) is 29.6 Å². The van der Waals surface area contributed by atoms with Crippen molar-refractivity contribution in [3.8, 4) is 0 Å². The summed E-state index contributed by atoms with van der Waals surface area (Å²) in [7, 11) is 1.74. The Morgan fingerprint density at radius 1 is 1.61 bits per heavy atom. The van der Waals surface area contributed by atoms with Gasteiger partial charge in [0.1, 0.15) is 5.50 Å². The minimum Gasteiger partial charge on any atom is -0.476 e. The normalized spacial score (nSPS) is 12.6. The van der Waals surface area contributed by atoms with Crippen LogP contribution in [0.15, 0.2) is 12.5 Å². The highest BCUT2D eigenvalue weighted by atomic mass is 35.5. The molecule has 2 aromatic heterocycles. The number of rotatable bonds is 4. The molecule has 0 fully saturated rings. The Balaban J connectivity index is 2.44. The Morgan fingerprint density at radius 2 is 2.33 bits per heavy atom. The van der Waals surface area contributed by atoms with Gasteiger partial charge < -0.3 is 9.67 Å². The Hall–Kier alpha value is -1.89. The third-order valence-corrected chi connectivity index (χ3v) is 2.85. The zero-order valence-electron chi connectivity index (χ0n) is 9.91. The fraction of sp³-hybridized carbons (Fsp3) is 0.400. The number of imidazole rings is 1. The van der Waals surface area contributed by atoms with Crippen LogP contribution in [-0.4, -0.2) is 35.6 Å². The molecule has 0 aliphatic heterocycles. The highest BCUT2D eigenvalue weighted by Crippen LogP contribution is 2.20. The van der Waals surface area contributed by atoms with Crippen molar-refractivity contribution < 1.29 is 9.90 Å². The summed E-state index contributed by atoms with van der Waals surface area (Å²) in [5.74, 6) is -1.07. The number of aromatic carboxylic acids is 1. The zero-order chi connectivity index (χ0) is 13.3. The fourth-order valence-corrected chi connectivity index (χ4v) is 1.86. The molecular weight excluding hydrogens is 258 g/mol. The molecular formula is C10H12ClN5O2. The summed E-state index contributed by atoms with van der Waals surface area (Å²) < 4.78 is 3.21. The lowest BCUT2D eigenvalue weighted by Gasteiger charge is -2.10. The summed E-state index contributed by atoms with van der Waals surface area (Å²) in [4.78, 5) is 15.0. The summed E-state index contributed by atoms with van der Waals surface area (Å²) in [5.41, 5.74) is 0.956. The van der Waals surface area contributed by atoms with Gasteiger partial charge in [-0.05, 0) is 6.92 Å². The first kappa shape index (κ1) is 12.6. The zero-order valence-corrected chi connectivity index (χ0v) is 10.7. The highest BCUT2D eigenvalue weighted by Gasteiger charge is 2.20. The molecule has 0 spiro atoms. The molecule has 18 heavy (non-hydrogen) atoms. The van der Waals surface area contributed by atoms with Crippen LogP contribution in [0, 0.1) is 0 Å². The standard InChI is InChI=1S/C10H12ClN5O2/c1-6(11)16-5-12-9(10(17)18)8(16)3-7-4-13-14-15(7)2/h4-6H,3H2,1-2H3,(H,17,18). The topological polar surface area (TPSA) is 85.8 Å². The summed E-state index contributed by atoms with van der Waals surface area (Å²) in [5, 5.41) is 16.7. The van der Waals surface area contributed by atoms with E-state index in [1.54, 1.807) is 29.4 Å². The van der Waals surface area contributed by atoms with Crippen molar-refractivity contribution in [2.75, 3.05) is 0 Å². The molecule has 0 aliphatic carbocycles. The fourth-order valence-electron chi connectivity index (χ4n) is 1.69. The number of halogens is 1. The molecule has 0 saturated carbocycles. The second-order valence-electron chi connectivity index (χ2n) is 3.85. The van der Waals surface area contributed by atoms with Gasteiger partial charge in [-0.1, -0.05) is 16.8 Å². The number of nitrogens with zero attached hydrogens (tertiary/aromatic N) is 5. The smallest absolute Gasteiger partial charge is 0.356 e. The molecule has 0 saturated heterocycles. The molecule has 1 unspecified atom stereocenters. The van der Waals surface area contributed by atoms with E-state index in [4.69, 9.17) is 16.7 Å². The minimum absolute atomic E-state index is 0.00343. The first-order valence-electron chi connectivity index (χ1n) is 5.27. The van der Waals surface area contributed by atoms with Crippen LogP contribution in [0.1, 0.15) is 34.3 Å². The number of hydrogen-bond donors (Lipinski definition) is 1. The highest BCUT2D eigenvalue weighted by molar-refractivity contribution is 6.18. The molecule has 2 aromatic rings. The van der Waals surface area contributed by atoms with Gasteiger partial charge in [0.2, 0.25) is 0 Å². The van der Waals surface area contributed by atoms with Gasteiger partial charge in [0.25, 0.3) is 0 Å². The van der Waals surface area contributed by atoms with Crippen molar-refractivity contribution in [3.63, 3.8) is 0 Å². The van der Waals surface area contributed by atoms with E-state index in [1.165, 1.54) is 6.33 Å². The number of hydrogen-bond acceptors (Lipinski definition) is 4. The number of carboxylic acid groups (broad SMARTS) is 1. The van der Waals surface area contributed by atoms with Crippen molar-refractivity contribution in [2.24, 2.45) is 7.05 Å². The Morgan fingerprint density at radius 3 is 2.83 bits per heavy atom. The molecule has 7 nitrogen and oxygen atoms in total. The number of carboxylic acids is 1. The van der Waals surface area contributed by atoms with E-state index in [9.17, 15) is 4.79 Å². The molecule has 0 aliphatic rings. The number of aryl methyl sites for hydroxylation is 1. The molecule has 0 bridgehead atoms. The van der Waals surface area contributed by atoms with Gasteiger partial charge in [0, 0.05) is 13.5 Å². The van der Waals surface area contributed by atoms with E-state index in [0.717, 1.165) is 5.69 Å². The average Bonchev–Trinajstić information content (AvgIpc) is 2.86. The lowest BCUT2D eigenvalue weighted by Crippen LogP contribution is -2.10. The minimum atomic E-state index is -1.07. The second kappa shape index (κ2) is 4.77. The molecule has 0 radical (unpaired) electrons. The average molecular weight is 270 g/mol. The number of carbonyl (C=O) groups is 1. The van der Waals surface area contributed by atoms with Crippen LogP contribution in [0.5, 0.6) is 0 Å². The molecule has 0 amide bonds. The molecule has 0 aromatic carbocycles. The van der Waals surface area contributed by atoms with E-state index in [2.05, 4.69) is 15.3 Å². The van der Waals surface area contributed by atoms with Crippen LogP contribution in [0.2, 0.25) is 0 Å². The lowest BCUT2D eigenvalue weighted by molar-refractivity contribution is 0.0689. The van der Waals surface area contributed by atoms with Crippen molar-refractivity contribution in [1.29, 1.82) is 0 Å². The monoisotopic (exact) mass is 269 g/mol. The summed E-state index contributed by atoms with van der Waals surface area (Å²) in [6, 6.07) is 0.